The number of rotatable bonds is 4. The average molecular weight is 413 g/mol. The first kappa shape index (κ1) is 19.7. The van der Waals surface area contributed by atoms with Crippen molar-refractivity contribution in [3.63, 3.8) is 0 Å². The number of aromatic nitrogens is 2. The molecule has 0 aliphatic carbocycles. The highest BCUT2D eigenvalue weighted by Gasteiger charge is 2.28. The van der Waals surface area contributed by atoms with Gasteiger partial charge in [0.25, 0.3) is 11.8 Å². The Kier molecular flexibility index (Phi) is 5.59. The maximum absolute atomic E-state index is 13.3. The van der Waals surface area contributed by atoms with Crippen LogP contribution in [0, 0.1) is 17.6 Å². The van der Waals surface area contributed by atoms with Gasteiger partial charge in [0.15, 0.2) is 17.3 Å². The van der Waals surface area contributed by atoms with Crippen LogP contribution in [0.2, 0.25) is 5.02 Å². The number of carboxylic acids is 1. The van der Waals surface area contributed by atoms with Gasteiger partial charge in [-0.2, -0.15) is 5.10 Å². The number of carbonyl (C=O) groups excluding carboxylic acids is 2. The van der Waals surface area contributed by atoms with Crippen molar-refractivity contribution in [1.29, 1.82) is 0 Å². The number of anilines is 1. The predicted molar refractivity (Wildman–Crippen MR) is 94.2 cm³/mol. The van der Waals surface area contributed by atoms with Crippen molar-refractivity contribution in [3.05, 3.63) is 46.1 Å². The van der Waals surface area contributed by atoms with Crippen LogP contribution in [0.4, 0.5) is 14.6 Å². The molecule has 148 valence electrons. The number of likely N-dealkylation sites (tertiary alicyclic amines) is 1. The van der Waals surface area contributed by atoms with Gasteiger partial charge in [-0.05, 0) is 25.0 Å². The fourth-order valence-electron chi connectivity index (χ4n) is 2.87. The molecule has 2 amide bonds. The molecule has 1 fully saturated rings. The Morgan fingerprint density at radius 3 is 2.46 bits per heavy atom. The number of piperidine rings is 1. The Hall–Kier alpha value is -3.01. The smallest absolute Gasteiger partial charge is 0.306 e. The second kappa shape index (κ2) is 7.93. The topological polar surface area (TPSA) is 115 Å². The van der Waals surface area contributed by atoms with Gasteiger partial charge in [0, 0.05) is 19.2 Å². The quantitative estimate of drug-likeness (QED) is 0.667. The summed E-state index contributed by atoms with van der Waals surface area (Å²) in [7, 11) is 0. The number of hydrogen-bond donors (Lipinski definition) is 3. The number of hydrogen-bond acceptors (Lipinski definition) is 4. The minimum atomic E-state index is -1.22. The lowest BCUT2D eigenvalue weighted by Crippen LogP contribution is -2.40. The Balaban J connectivity index is 1.66. The van der Waals surface area contributed by atoms with E-state index in [1.54, 1.807) is 0 Å². The number of halogens is 3. The second-order valence-corrected chi connectivity index (χ2v) is 6.68. The van der Waals surface area contributed by atoms with E-state index in [2.05, 4.69) is 15.5 Å². The Bertz CT molecular complexity index is 941. The van der Waals surface area contributed by atoms with Crippen molar-refractivity contribution >= 4 is 35.2 Å². The highest BCUT2D eigenvalue weighted by Crippen LogP contribution is 2.22. The Morgan fingerprint density at radius 1 is 1.18 bits per heavy atom. The third-order valence-corrected chi connectivity index (χ3v) is 4.74. The summed E-state index contributed by atoms with van der Waals surface area (Å²) in [4.78, 5) is 37.1. The van der Waals surface area contributed by atoms with Gasteiger partial charge in [0.2, 0.25) is 0 Å². The molecular weight excluding hydrogens is 398 g/mol. The largest absolute Gasteiger partial charge is 0.481 e. The predicted octanol–water partition coefficient (Wildman–Crippen LogP) is 2.53. The van der Waals surface area contributed by atoms with E-state index in [-0.39, 0.29) is 35.2 Å². The summed E-state index contributed by atoms with van der Waals surface area (Å²) in [6.07, 6.45) is 0.702. The minimum absolute atomic E-state index is 0.0282. The van der Waals surface area contributed by atoms with E-state index in [9.17, 15) is 23.2 Å². The number of aromatic amines is 1. The van der Waals surface area contributed by atoms with Crippen molar-refractivity contribution in [3.8, 4) is 0 Å². The van der Waals surface area contributed by atoms with Crippen LogP contribution in [0.1, 0.15) is 33.7 Å². The monoisotopic (exact) mass is 412 g/mol. The second-order valence-electron chi connectivity index (χ2n) is 6.27. The highest BCUT2D eigenvalue weighted by molar-refractivity contribution is 6.34. The lowest BCUT2D eigenvalue weighted by Gasteiger charge is -2.29. The summed E-state index contributed by atoms with van der Waals surface area (Å²) in [5, 5.41) is 17.4. The maximum Gasteiger partial charge on any atom is 0.306 e. The van der Waals surface area contributed by atoms with Crippen LogP contribution in [0.3, 0.4) is 0 Å². The summed E-state index contributed by atoms with van der Waals surface area (Å²) < 4.78 is 26.4. The number of benzene rings is 1. The van der Waals surface area contributed by atoms with Gasteiger partial charge in [0.1, 0.15) is 5.82 Å². The number of aliphatic carboxylic acids is 1. The zero-order valence-corrected chi connectivity index (χ0v) is 15.1. The number of carboxylic acid groups (broad SMARTS) is 1. The molecule has 11 heteroatoms. The number of carbonyl (C=O) groups is 3. The van der Waals surface area contributed by atoms with Crippen LogP contribution < -0.4 is 5.32 Å². The lowest BCUT2D eigenvalue weighted by molar-refractivity contribution is -0.143. The minimum Gasteiger partial charge on any atom is -0.481 e. The van der Waals surface area contributed by atoms with Crippen molar-refractivity contribution in [2.45, 2.75) is 12.8 Å². The molecule has 3 rings (SSSR count). The summed E-state index contributed by atoms with van der Waals surface area (Å²) in [5.41, 5.74) is -0.251. The van der Waals surface area contributed by atoms with Crippen LogP contribution in [-0.2, 0) is 4.79 Å². The molecule has 3 N–H and O–H groups in total. The van der Waals surface area contributed by atoms with Crippen LogP contribution >= 0.6 is 11.6 Å². The maximum atomic E-state index is 13.3. The van der Waals surface area contributed by atoms with E-state index < -0.39 is 35.3 Å². The molecule has 0 spiro atoms. The molecule has 1 aromatic heterocycles. The fraction of sp³-hybridized carbons (Fsp3) is 0.294. The molecule has 0 saturated carbocycles. The molecule has 8 nitrogen and oxygen atoms in total. The molecule has 28 heavy (non-hydrogen) atoms. The van der Waals surface area contributed by atoms with Crippen molar-refractivity contribution in [2.75, 3.05) is 18.4 Å². The lowest BCUT2D eigenvalue weighted by atomic mass is 9.97. The third-order valence-electron chi connectivity index (χ3n) is 4.43. The third kappa shape index (κ3) is 4.11. The van der Waals surface area contributed by atoms with Gasteiger partial charge in [-0.25, -0.2) is 8.78 Å². The molecule has 0 atom stereocenters. The van der Waals surface area contributed by atoms with Crippen molar-refractivity contribution in [1.82, 2.24) is 15.1 Å². The number of nitrogens with zero attached hydrogens (tertiary/aromatic N) is 2. The Labute approximate surface area is 162 Å². The van der Waals surface area contributed by atoms with Crippen LogP contribution in [0.5, 0.6) is 0 Å². The van der Waals surface area contributed by atoms with Crippen LogP contribution in [-0.4, -0.2) is 51.1 Å². The van der Waals surface area contributed by atoms with Crippen LogP contribution in [0.15, 0.2) is 18.2 Å². The molecule has 0 unspecified atom stereocenters. The SMILES string of the molecule is O=C(Nc1cc(C(=O)N2CCC(C(=O)O)CC2)n[nH]1)c1cc(F)c(F)cc1Cl. The molecule has 2 aromatic rings. The molecule has 0 bridgehead atoms. The van der Waals surface area contributed by atoms with E-state index in [1.165, 1.54) is 11.0 Å². The first-order chi connectivity index (χ1) is 13.3. The molecule has 1 aromatic carbocycles. The van der Waals surface area contributed by atoms with E-state index in [0.29, 0.717) is 25.0 Å². The number of amides is 2. The summed E-state index contributed by atoms with van der Waals surface area (Å²) in [5.74, 6) is -4.91. The number of H-pyrrole nitrogens is 1. The van der Waals surface area contributed by atoms with E-state index >= 15 is 0 Å². The molecule has 1 aliphatic heterocycles. The first-order valence-corrected chi connectivity index (χ1v) is 8.67. The zero-order chi connectivity index (χ0) is 20.4. The summed E-state index contributed by atoms with van der Waals surface area (Å²) in [6.45, 7) is 0.573. The molecular formula is C17H15ClF2N4O4. The van der Waals surface area contributed by atoms with E-state index in [1.807, 2.05) is 0 Å². The first-order valence-electron chi connectivity index (χ1n) is 8.29. The summed E-state index contributed by atoms with van der Waals surface area (Å²) >= 11 is 5.76. The average Bonchev–Trinajstić information content (AvgIpc) is 3.12. The van der Waals surface area contributed by atoms with Gasteiger partial charge in [-0.1, -0.05) is 11.6 Å². The van der Waals surface area contributed by atoms with Crippen LogP contribution in [0.25, 0.3) is 0 Å². The summed E-state index contributed by atoms with van der Waals surface area (Å²) in [6, 6.07) is 2.65. The zero-order valence-electron chi connectivity index (χ0n) is 14.3. The molecule has 1 saturated heterocycles. The van der Waals surface area contributed by atoms with E-state index in [0.717, 1.165) is 0 Å². The molecule has 2 heterocycles. The van der Waals surface area contributed by atoms with Crippen molar-refractivity contribution < 1.29 is 28.3 Å². The number of nitrogens with one attached hydrogen (secondary N) is 2. The molecule has 1 aliphatic rings. The van der Waals surface area contributed by atoms with E-state index in [4.69, 9.17) is 16.7 Å². The van der Waals surface area contributed by atoms with Gasteiger partial charge in [0.05, 0.1) is 16.5 Å². The van der Waals surface area contributed by atoms with Crippen molar-refractivity contribution in [2.24, 2.45) is 5.92 Å². The van der Waals surface area contributed by atoms with Gasteiger partial charge < -0.3 is 15.3 Å². The Morgan fingerprint density at radius 2 is 1.82 bits per heavy atom. The fourth-order valence-corrected chi connectivity index (χ4v) is 3.11. The van der Waals surface area contributed by atoms with Gasteiger partial charge in [-0.3, -0.25) is 19.5 Å². The van der Waals surface area contributed by atoms with Gasteiger partial charge in [-0.15, -0.1) is 0 Å². The van der Waals surface area contributed by atoms with Gasteiger partial charge >= 0.3 is 5.97 Å². The normalized spacial score (nSPS) is 14.8. The molecule has 0 radical (unpaired) electrons. The highest BCUT2D eigenvalue weighted by atomic mass is 35.5. The standard InChI is InChI=1S/C17H15ClF2N4O4/c18-10-6-12(20)11(19)5-9(10)15(25)21-14-7-13(22-23-14)16(26)24-3-1-8(2-4-24)17(27)28/h5-8H,1-4H2,(H,27,28)(H2,21,22,23,25).